The predicted octanol–water partition coefficient (Wildman–Crippen LogP) is 5.97. The second-order valence-corrected chi connectivity index (χ2v) is 9.40. The minimum atomic E-state index is -0.440. The average Bonchev–Trinajstić information content (AvgIpc) is 2.88. The first kappa shape index (κ1) is 24.7. The molecule has 1 amide bonds. The van der Waals surface area contributed by atoms with Crippen molar-refractivity contribution < 1.29 is 9.72 Å². The van der Waals surface area contributed by atoms with Crippen LogP contribution in [0.15, 0.2) is 95.0 Å². The minimum absolute atomic E-state index is 0.0145. The predicted molar refractivity (Wildman–Crippen MR) is 148 cm³/mol. The number of rotatable bonds is 7. The van der Waals surface area contributed by atoms with Crippen molar-refractivity contribution in [2.75, 3.05) is 16.4 Å². The molecule has 0 aliphatic carbocycles. The summed E-state index contributed by atoms with van der Waals surface area (Å²) in [6, 6.07) is 22.5. The lowest BCUT2D eigenvalue weighted by Crippen LogP contribution is -2.11. The average molecular weight is 524 g/mol. The van der Waals surface area contributed by atoms with E-state index in [9.17, 15) is 14.9 Å². The summed E-state index contributed by atoms with van der Waals surface area (Å²) in [5.74, 6) is -0.0425. The third-order valence-corrected chi connectivity index (χ3v) is 6.43. The van der Waals surface area contributed by atoms with Crippen LogP contribution >= 0.6 is 11.8 Å². The minimum Gasteiger partial charge on any atom is -0.368 e. The van der Waals surface area contributed by atoms with Gasteiger partial charge in [0.05, 0.1) is 10.4 Å². The van der Waals surface area contributed by atoms with Crippen molar-refractivity contribution in [3.8, 4) is 0 Å². The zero-order valence-corrected chi connectivity index (χ0v) is 20.9. The van der Waals surface area contributed by atoms with E-state index in [-0.39, 0.29) is 17.5 Å². The van der Waals surface area contributed by atoms with Crippen molar-refractivity contribution in [1.82, 2.24) is 15.0 Å². The van der Waals surface area contributed by atoms with Crippen LogP contribution in [0.1, 0.15) is 16.1 Å². The van der Waals surface area contributed by atoms with Gasteiger partial charge >= 0.3 is 0 Å². The molecule has 0 unspecified atom stereocenters. The van der Waals surface area contributed by atoms with Gasteiger partial charge in [0, 0.05) is 56.9 Å². The van der Waals surface area contributed by atoms with Gasteiger partial charge in [0.2, 0.25) is 5.95 Å². The Hall–Kier alpha value is -5.03. The van der Waals surface area contributed by atoms with Crippen molar-refractivity contribution in [1.29, 1.82) is 0 Å². The fraction of sp³-hybridized carbons (Fsp3) is 0.0370. The van der Waals surface area contributed by atoms with Crippen LogP contribution in [0.2, 0.25) is 0 Å². The van der Waals surface area contributed by atoms with Gasteiger partial charge in [-0.15, -0.1) is 0 Å². The number of amides is 1. The highest BCUT2D eigenvalue weighted by atomic mass is 32.2. The Kier molecular flexibility index (Phi) is 6.83. The van der Waals surface area contributed by atoms with Crippen LogP contribution in [0.25, 0.3) is 10.9 Å². The molecule has 0 saturated heterocycles. The lowest BCUT2D eigenvalue weighted by Gasteiger charge is -2.11. The molecule has 5 aromatic rings. The van der Waals surface area contributed by atoms with Crippen molar-refractivity contribution in [2.45, 2.75) is 16.8 Å². The molecule has 2 heterocycles. The summed E-state index contributed by atoms with van der Waals surface area (Å²) in [5.41, 5.74) is 9.65. The van der Waals surface area contributed by atoms with Crippen LogP contribution in [0.3, 0.4) is 0 Å². The molecule has 4 N–H and O–H groups in total. The number of benzene rings is 3. The first-order valence-corrected chi connectivity index (χ1v) is 12.3. The fourth-order valence-electron chi connectivity index (χ4n) is 3.79. The van der Waals surface area contributed by atoms with Crippen molar-refractivity contribution in [3.63, 3.8) is 0 Å². The second-order valence-electron chi connectivity index (χ2n) is 8.31. The van der Waals surface area contributed by atoms with Crippen LogP contribution in [-0.2, 0) is 0 Å². The van der Waals surface area contributed by atoms with E-state index in [1.165, 1.54) is 23.9 Å². The number of hydrogen-bond acceptors (Lipinski definition) is 9. The number of aromatic nitrogens is 3. The Labute approximate surface area is 221 Å². The molecule has 3 aromatic carbocycles. The van der Waals surface area contributed by atoms with Gasteiger partial charge in [-0.1, -0.05) is 17.8 Å². The van der Waals surface area contributed by atoms with E-state index in [4.69, 9.17) is 5.73 Å². The van der Waals surface area contributed by atoms with Gasteiger partial charge in [0.25, 0.3) is 11.6 Å². The third-order valence-electron chi connectivity index (χ3n) is 5.52. The van der Waals surface area contributed by atoms with E-state index in [0.717, 1.165) is 21.3 Å². The van der Waals surface area contributed by atoms with E-state index in [1.54, 1.807) is 42.6 Å². The van der Waals surface area contributed by atoms with E-state index in [0.29, 0.717) is 27.8 Å². The highest BCUT2D eigenvalue weighted by Crippen LogP contribution is 2.30. The fourth-order valence-corrected chi connectivity index (χ4v) is 4.74. The maximum atomic E-state index is 12.9. The molecule has 188 valence electrons. The number of nitrogen functional groups attached to an aromatic ring is 1. The van der Waals surface area contributed by atoms with Gasteiger partial charge in [-0.25, -0.2) is 9.97 Å². The summed E-state index contributed by atoms with van der Waals surface area (Å²) in [5, 5.41) is 18.7. The largest absolute Gasteiger partial charge is 0.368 e. The molecule has 10 nitrogen and oxygen atoms in total. The Balaban J connectivity index is 1.28. The lowest BCUT2D eigenvalue weighted by molar-refractivity contribution is -0.384. The molecular formula is C27H21N7O3S. The molecule has 0 bridgehead atoms. The number of carbonyl (C=O) groups excluding carboxylic acids is 1. The number of non-ortho nitro benzene ring substituents is 1. The topological polar surface area (TPSA) is 149 Å². The first-order chi connectivity index (χ1) is 18.3. The second kappa shape index (κ2) is 10.5. The van der Waals surface area contributed by atoms with Gasteiger partial charge in [-0.05, 0) is 67.6 Å². The van der Waals surface area contributed by atoms with Gasteiger partial charge in [-0.2, -0.15) is 0 Å². The zero-order valence-electron chi connectivity index (χ0n) is 20.1. The highest BCUT2D eigenvalue weighted by molar-refractivity contribution is 7.99. The van der Waals surface area contributed by atoms with E-state index in [1.807, 2.05) is 37.3 Å². The number of carbonyl (C=O) groups is 1. The summed E-state index contributed by atoms with van der Waals surface area (Å²) >= 11 is 1.43. The summed E-state index contributed by atoms with van der Waals surface area (Å²) < 4.78 is 0. The number of hydrogen-bond donors (Lipinski definition) is 3. The number of pyridine rings is 1. The third kappa shape index (κ3) is 5.68. The zero-order chi connectivity index (χ0) is 26.6. The molecule has 0 aliphatic rings. The summed E-state index contributed by atoms with van der Waals surface area (Å²) in [4.78, 5) is 37.1. The maximum absolute atomic E-state index is 12.9. The molecular weight excluding hydrogens is 502 g/mol. The number of nitro benzene ring substituents is 1. The Bertz CT molecular complexity index is 1660. The Morgan fingerprint density at radius 2 is 1.79 bits per heavy atom. The number of fused-ring (bicyclic) bond motifs is 1. The van der Waals surface area contributed by atoms with E-state index in [2.05, 4.69) is 25.6 Å². The van der Waals surface area contributed by atoms with Crippen LogP contribution in [-0.4, -0.2) is 25.8 Å². The number of nitrogens with two attached hydrogens (primary N) is 1. The summed E-state index contributed by atoms with van der Waals surface area (Å²) in [6.07, 6.45) is 1.63. The van der Waals surface area contributed by atoms with Crippen molar-refractivity contribution in [3.05, 3.63) is 106 Å². The number of aryl methyl sites for hydroxylation is 1. The molecule has 0 saturated carbocycles. The molecule has 0 fully saturated rings. The Morgan fingerprint density at radius 1 is 0.974 bits per heavy atom. The molecule has 0 spiro atoms. The molecule has 2 aromatic heterocycles. The number of nitrogens with zero attached hydrogens (tertiary/aromatic N) is 4. The molecule has 0 atom stereocenters. The van der Waals surface area contributed by atoms with Crippen LogP contribution in [0, 0.1) is 17.0 Å². The van der Waals surface area contributed by atoms with Gasteiger partial charge < -0.3 is 16.4 Å². The highest BCUT2D eigenvalue weighted by Gasteiger charge is 2.11. The summed E-state index contributed by atoms with van der Waals surface area (Å²) in [6.45, 7) is 1.85. The van der Waals surface area contributed by atoms with Crippen molar-refractivity contribution >= 4 is 57.3 Å². The van der Waals surface area contributed by atoms with Crippen LogP contribution in [0.5, 0.6) is 0 Å². The first-order valence-electron chi connectivity index (χ1n) is 11.4. The Morgan fingerprint density at radius 3 is 2.55 bits per heavy atom. The molecule has 0 aliphatic heterocycles. The molecule has 5 rings (SSSR count). The maximum Gasteiger partial charge on any atom is 0.270 e. The van der Waals surface area contributed by atoms with Gasteiger partial charge in [-0.3, -0.25) is 19.9 Å². The van der Waals surface area contributed by atoms with Gasteiger partial charge in [0.1, 0.15) is 5.03 Å². The molecule has 0 radical (unpaired) electrons. The lowest BCUT2D eigenvalue weighted by atomic mass is 10.1. The standard InChI is InChI=1S/C27H21N7O3S/c1-16-13-25(33-27(28)30-16)38-21-4-2-3-19(14-21)32-26(35)17-5-7-18(8-6-17)31-24-11-12-29-23-10-9-20(34(36)37)15-22(23)24/h2-15H,1H3,(H,29,31)(H,32,35)(H2,28,30,33). The monoisotopic (exact) mass is 523 g/mol. The van der Waals surface area contributed by atoms with Gasteiger partial charge in [0.15, 0.2) is 0 Å². The molecule has 11 heteroatoms. The smallest absolute Gasteiger partial charge is 0.270 e. The SMILES string of the molecule is Cc1cc(Sc2cccc(NC(=O)c3ccc(Nc4ccnc5ccc([N+](=O)[O-])cc45)cc3)c2)nc(N)n1. The van der Waals surface area contributed by atoms with Crippen LogP contribution in [0.4, 0.5) is 28.7 Å². The quantitative estimate of drug-likeness (QED) is 0.133. The van der Waals surface area contributed by atoms with E-state index < -0.39 is 4.92 Å². The number of nitro groups is 1. The van der Waals surface area contributed by atoms with Crippen LogP contribution < -0.4 is 16.4 Å². The van der Waals surface area contributed by atoms with E-state index >= 15 is 0 Å². The molecule has 38 heavy (non-hydrogen) atoms. The van der Waals surface area contributed by atoms with Crippen molar-refractivity contribution in [2.24, 2.45) is 0 Å². The normalized spacial score (nSPS) is 10.8. The number of nitrogens with one attached hydrogen (secondary N) is 2. The summed E-state index contributed by atoms with van der Waals surface area (Å²) in [7, 11) is 0. The number of anilines is 4.